The molecule has 31 heavy (non-hydrogen) atoms. The zero-order valence-electron chi connectivity index (χ0n) is 18.0. The molecule has 0 radical (unpaired) electrons. The maximum Gasteiger partial charge on any atom is 0.308 e. The number of fused-ring (bicyclic) bond motifs is 1. The fourth-order valence-electron chi connectivity index (χ4n) is 3.20. The van der Waals surface area contributed by atoms with E-state index in [1.807, 2.05) is 0 Å². The summed E-state index contributed by atoms with van der Waals surface area (Å²) in [6.07, 6.45) is 0. The van der Waals surface area contributed by atoms with Gasteiger partial charge in [-0.1, -0.05) is 0 Å². The van der Waals surface area contributed by atoms with E-state index < -0.39 is 11.4 Å². The molecule has 0 amide bonds. The van der Waals surface area contributed by atoms with E-state index >= 15 is 0 Å². The third kappa shape index (κ3) is 3.94. The molecule has 0 N–H and O–H groups in total. The summed E-state index contributed by atoms with van der Waals surface area (Å²) in [6, 6.07) is 6.08. The van der Waals surface area contributed by atoms with Gasteiger partial charge in [0.1, 0.15) is 16.7 Å². The van der Waals surface area contributed by atoms with Gasteiger partial charge < -0.3 is 32.8 Å². The second kappa shape index (κ2) is 8.86. The largest absolute Gasteiger partial charge is 0.493 e. The van der Waals surface area contributed by atoms with Gasteiger partial charge in [0.2, 0.25) is 11.5 Å². The van der Waals surface area contributed by atoms with Crippen molar-refractivity contribution in [2.24, 2.45) is 0 Å². The maximum absolute atomic E-state index is 13.0. The topological polar surface area (TPSA) is 103 Å². The zero-order chi connectivity index (χ0) is 22.7. The van der Waals surface area contributed by atoms with Crippen LogP contribution < -0.4 is 33.8 Å². The van der Waals surface area contributed by atoms with Crippen LogP contribution in [0.15, 0.2) is 33.5 Å². The SMILES string of the molecule is COc1cc(-c2cc(=O)c3c(OC)c(OC(C)=O)c(OC)cc3o2)cc(OC)c1OC. The van der Waals surface area contributed by atoms with Crippen LogP contribution in [-0.4, -0.2) is 41.5 Å². The average Bonchev–Trinajstić information content (AvgIpc) is 2.77. The molecule has 9 nitrogen and oxygen atoms in total. The van der Waals surface area contributed by atoms with Crippen LogP contribution in [0.5, 0.6) is 34.5 Å². The molecule has 0 bridgehead atoms. The number of rotatable bonds is 7. The quantitative estimate of drug-likeness (QED) is 0.412. The zero-order valence-corrected chi connectivity index (χ0v) is 18.0. The van der Waals surface area contributed by atoms with Crippen LogP contribution in [0, 0.1) is 0 Å². The van der Waals surface area contributed by atoms with Crippen molar-refractivity contribution >= 4 is 16.9 Å². The highest BCUT2D eigenvalue weighted by Gasteiger charge is 2.23. The van der Waals surface area contributed by atoms with E-state index in [-0.39, 0.29) is 34.0 Å². The Morgan fingerprint density at radius 3 is 1.77 bits per heavy atom. The monoisotopic (exact) mass is 430 g/mol. The van der Waals surface area contributed by atoms with Crippen molar-refractivity contribution in [3.8, 4) is 45.8 Å². The number of carbonyl (C=O) groups excluding carboxylic acids is 1. The van der Waals surface area contributed by atoms with Gasteiger partial charge >= 0.3 is 5.97 Å². The predicted molar refractivity (Wildman–Crippen MR) is 112 cm³/mol. The average molecular weight is 430 g/mol. The van der Waals surface area contributed by atoms with E-state index in [0.717, 1.165) is 0 Å². The molecule has 0 saturated heterocycles. The van der Waals surface area contributed by atoms with E-state index in [2.05, 4.69) is 0 Å². The van der Waals surface area contributed by atoms with Gasteiger partial charge in [-0.25, -0.2) is 0 Å². The lowest BCUT2D eigenvalue weighted by Gasteiger charge is -2.16. The fourth-order valence-corrected chi connectivity index (χ4v) is 3.20. The summed E-state index contributed by atoms with van der Waals surface area (Å²) in [7, 11) is 7.23. The van der Waals surface area contributed by atoms with Gasteiger partial charge in [0.05, 0.1) is 35.5 Å². The standard InChI is InChI=1S/C22H22O9/c1-11(23)30-21-18(27-4)10-15-19(22(21)29-6)13(24)9-14(31-15)12-7-16(25-2)20(28-5)17(8-12)26-3/h7-10H,1-6H3. The highest BCUT2D eigenvalue weighted by Crippen LogP contribution is 2.45. The number of hydrogen-bond donors (Lipinski definition) is 0. The molecular formula is C22H22O9. The molecular weight excluding hydrogens is 408 g/mol. The van der Waals surface area contributed by atoms with Crippen molar-refractivity contribution < 1.29 is 37.6 Å². The minimum atomic E-state index is -0.589. The summed E-state index contributed by atoms with van der Waals surface area (Å²) in [5.74, 6) is 1.08. The van der Waals surface area contributed by atoms with Gasteiger partial charge in [0, 0.05) is 24.6 Å². The smallest absolute Gasteiger partial charge is 0.308 e. The number of ether oxygens (including phenoxy) is 6. The first-order valence-electron chi connectivity index (χ1n) is 9.10. The van der Waals surface area contributed by atoms with Crippen molar-refractivity contribution in [3.63, 3.8) is 0 Å². The molecule has 0 aliphatic rings. The number of hydrogen-bond acceptors (Lipinski definition) is 9. The molecule has 0 aliphatic heterocycles. The summed E-state index contributed by atoms with van der Waals surface area (Å²) in [4.78, 5) is 24.5. The first-order chi connectivity index (χ1) is 14.9. The Morgan fingerprint density at radius 1 is 0.742 bits per heavy atom. The Kier molecular flexibility index (Phi) is 6.24. The molecule has 3 rings (SSSR count). The molecule has 0 atom stereocenters. The Morgan fingerprint density at radius 2 is 1.29 bits per heavy atom. The summed E-state index contributed by atoms with van der Waals surface area (Å²) in [5.41, 5.74) is 0.300. The van der Waals surface area contributed by atoms with E-state index in [1.165, 1.54) is 54.6 Å². The van der Waals surface area contributed by atoms with Gasteiger partial charge in [-0.3, -0.25) is 9.59 Å². The van der Waals surface area contributed by atoms with E-state index in [9.17, 15) is 9.59 Å². The third-order valence-corrected chi connectivity index (χ3v) is 4.51. The second-order valence-corrected chi connectivity index (χ2v) is 6.30. The molecule has 1 aromatic heterocycles. The molecule has 1 heterocycles. The molecule has 0 spiro atoms. The van der Waals surface area contributed by atoms with E-state index in [0.29, 0.717) is 22.8 Å². The molecule has 9 heteroatoms. The summed E-state index contributed by atoms with van der Waals surface area (Å²) >= 11 is 0. The Balaban J connectivity index is 2.31. The van der Waals surface area contributed by atoms with Crippen molar-refractivity contribution in [2.45, 2.75) is 6.92 Å². The number of carbonyl (C=O) groups is 1. The summed E-state index contributed by atoms with van der Waals surface area (Å²) in [5, 5.41) is 0.107. The lowest BCUT2D eigenvalue weighted by molar-refractivity contribution is -0.132. The lowest BCUT2D eigenvalue weighted by atomic mass is 10.1. The molecule has 2 aromatic carbocycles. The van der Waals surface area contributed by atoms with Crippen LogP contribution in [0.25, 0.3) is 22.3 Å². The van der Waals surface area contributed by atoms with Crippen molar-refractivity contribution in [1.29, 1.82) is 0 Å². The van der Waals surface area contributed by atoms with Crippen molar-refractivity contribution in [2.75, 3.05) is 35.5 Å². The molecule has 0 fully saturated rings. The molecule has 0 aliphatic carbocycles. The molecule has 0 saturated carbocycles. The van der Waals surface area contributed by atoms with Crippen LogP contribution in [0.3, 0.4) is 0 Å². The van der Waals surface area contributed by atoms with Crippen LogP contribution >= 0.6 is 0 Å². The third-order valence-electron chi connectivity index (χ3n) is 4.51. The highest BCUT2D eigenvalue weighted by molar-refractivity contribution is 5.91. The molecule has 164 valence electrons. The highest BCUT2D eigenvalue weighted by atomic mass is 16.6. The van der Waals surface area contributed by atoms with Crippen molar-refractivity contribution in [1.82, 2.24) is 0 Å². The summed E-state index contributed by atoms with van der Waals surface area (Å²) < 4.78 is 37.9. The minimum Gasteiger partial charge on any atom is -0.493 e. The number of benzene rings is 2. The van der Waals surface area contributed by atoms with E-state index in [1.54, 1.807) is 12.1 Å². The number of methoxy groups -OCH3 is 5. The molecule has 3 aromatic rings. The van der Waals surface area contributed by atoms with Gasteiger partial charge in [0.25, 0.3) is 0 Å². The second-order valence-electron chi connectivity index (χ2n) is 6.30. The van der Waals surface area contributed by atoms with Crippen LogP contribution in [0.4, 0.5) is 0 Å². The Hall–Kier alpha value is -3.88. The fraction of sp³-hybridized carbons (Fsp3) is 0.273. The Labute approximate surface area is 178 Å². The van der Waals surface area contributed by atoms with Crippen LogP contribution in [0.2, 0.25) is 0 Å². The minimum absolute atomic E-state index is 0.00200. The maximum atomic E-state index is 13.0. The summed E-state index contributed by atoms with van der Waals surface area (Å²) in [6.45, 7) is 1.24. The normalized spacial score (nSPS) is 10.5. The first-order valence-corrected chi connectivity index (χ1v) is 9.10. The van der Waals surface area contributed by atoms with Crippen LogP contribution in [0.1, 0.15) is 6.92 Å². The van der Waals surface area contributed by atoms with E-state index in [4.69, 9.17) is 32.8 Å². The van der Waals surface area contributed by atoms with Gasteiger partial charge in [-0.05, 0) is 12.1 Å². The van der Waals surface area contributed by atoms with Crippen LogP contribution in [-0.2, 0) is 4.79 Å². The Bertz CT molecular complexity index is 1170. The number of esters is 1. The predicted octanol–water partition coefficient (Wildman–Crippen LogP) is 3.43. The van der Waals surface area contributed by atoms with Gasteiger partial charge in [-0.15, -0.1) is 0 Å². The molecule has 0 unspecified atom stereocenters. The van der Waals surface area contributed by atoms with Gasteiger partial charge in [-0.2, -0.15) is 0 Å². The van der Waals surface area contributed by atoms with Gasteiger partial charge in [0.15, 0.2) is 28.4 Å². The first kappa shape index (κ1) is 21.8. The lowest BCUT2D eigenvalue weighted by Crippen LogP contribution is -2.09. The van der Waals surface area contributed by atoms with Crippen molar-refractivity contribution in [3.05, 3.63) is 34.5 Å².